The predicted octanol–water partition coefficient (Wildman–Crippen LogP) is 2.51. The van der Waals surface area contributed by atoms with Gasteiger partial charge in [0, 0.05) is 24.0 Å². The number of hydrogen-bond acceptors (Lipinski definition) is 2. The fourth-order valence-corrected chi connectivity index (χ4v) is 1.60. The highest BCUT2D eigenvalue weighted by Gasteiger charge is 2.11. The van der Waals surface area contributed by atoms with Crippen molar-refractivity contribution in [3.8, 4) is 6.07 Å². The first-order valence-corrected chi connectivity index (χ1v) is 5.31. The second-order valence-corrected chi connectivity index (χ2v) is 3.66. The van der Waals surface area contributed by atoms with Crippen LogP contribution in [0.5, 0.6) is 0 Å². The van der Waals surface area contributed by atoms with E-state index in [1.54, 1.807) is 24.4 Å². The van der Waals surface area contributed by atoms with Gasteiger partial charge < -0.3 is 4.98 Å². The lowest BCUT2D eigenvalue weighted by molar-refractivity contribution is 0.568. The summed E-state index contributed by atoms with van der Waals surface area (Å²) < 4.78 is 13.4. The first-order chi connectivity index (χ1) is 8.31. The fourth-order valence-electron chi connectivity index (χ4n) is 1.60. The maximum absolute atomic E-state index is 13.4. The smallest absolute Gasteiger partial charge is 0.136 e. The monoisotopic (exact) mass is 229 g/mol. The zero-order chi connectivity index (χ0) is 12.1. The molecule has 0 fully saturated rings. The minimum absolute atomic E-state index is 0.261. The first-order valence-electron chi connectivity index (χ1n) is 5.31. The highest BCUT2D eigenvalue weighted by atomic mass is 19.1. The van der Waals surface area contributed by atoms with E-state index >= 15 is 0 Å². The summed E-state index contributed by atoms with van der Waals surface area (Å²) in [6.07, 6.45) is 1.75. The summed E-state index contributed by atoms with van der Waals surface area (Å²) in [5.41, 5.74) is 1.34. The van der Waals surface area contributed by atoms with E-state index in [0.717, 1.165) is 5.69 Å². The molecule has 0 saturated heterocycles. The van der Waals surface area contributed by atoms with Gasteiger partial charge in [-0.15, -0.1) is 0 Å². The van der Waals surface area contributed by atoms with Crippen molar-refractivity contribution in [1.29, 1.82) is 5.26 Å². The molecule has 1 heterocycles. The molecule has 0 spiro atoms. The third kappa shape index (κ3) is 2.71. The zero-order valence-corrected chi connectivity index (χ0v) is 9.15. The number of aromatic nitrogens is 1. The van der Waals surface area contributed by atoms with Gasteiger partial charge in [0.2, 0.25) is 0 Å². The molecule has 0 aliphatic carbocycles. The second kappa shape index (κ2) is 5.28. The van der Waals surface area contributed by atoms with E-state index in [0.29, 0.717) is 12.1 Å². The van der Waals surface area contributed by atoms with Gasteiger partial charge in [0.1, 0.15) is 11.9 Å². The van der Waals surface area contributed by atoms with Crippen LogP contribution in [-0.2, 0) is 6.54 Å². The summed E-state index contributed by atoms with van der Waals surface area (Å²) in [5, 5.41) is 12.0. The van der Waals surface area contributed by atoms with Gasteiger partial charge in [0.15, 0.2) is 0 Å². The van der Waals surface area contributed by atoms with Crippen LogP contribution in [0.1, 0.15) is 17.3 Å². The molecule has 3 nitrogen and oxygen atoms in total. The number of nitriles is 1. The van der Waals surface area contributed by atoms with Gasteiger partial charge in [0.25, 0.3) is 0 Å². The van der Waals surface area contributed by atoms with E-state index in [-0.39, 0.29) is 5.82 Å². The van der Waals surface area contributed by atoms with E-state index in [2.05, 4.69) is 16.4 Å². The Labute approximate surface area is 98.9 Å². The number of benzene rings is 1. The molecule has 1 aromatic heterocycles. The average Bonchev–Trinajstić information content (AvgIpc) is 2.86. The standard InChI is InChI=1S/C13H12FN3/c14-11-5-2-1-4-10(11)9-17-13(8-15)12-6-3-7-16-12/h1-7,13,16-17H,9H2. The van der Waals surface area contributed by atoms with E-state index in [1.165, 1.54) is 6.07 Å². The van der Waals surface area contributed by atoms with Crippen LogP contribution in [0.3, 0.4) is 0 Å². The number of hydrogen-bond donors (Lipinski definition) is 2. The van der Waals surface area contributed by atoms with Crippen molar-refractivity contribution in [1.82, 2.24) is 10.3 Å². The molecule has 0 aliphatic rings. The highest BCUT2D eigenvalue weighted by Crippen LogP contribution is 2.11. The number of halogens is 1. The van der Waals surface area contributed by atoms with Gasteiger partial charge in [0.05, 0.1) is 6.07 Å². The lowest BCUT2D eigenvalue weighted by Gasteiger charge is -2.10. The van der Waals surface area contributed by atoms with Crippen LogP contribution >= 0.6 is 0 Å². The minimum atomic E-state index is -0.454. The Kier molecular flexibility index (Phi) is 3.53. The van der Waals surface area contributed by atoms with Crippen LogP contribution < -0.4 is 5.32 Å². The molecule has 1 unspecified atom stereocenters. The van der Waals surface area contributed by atoms with Gasteiger partial charge in [-0.25, -0.2) is 4.39 Å². The summed E-state index contributed by atoms with van der Waals surface area (Å²) in [6, 6.07) is 11.8. The SMILES string of the molecule is N#CC(NCc1ccccc1F)c1ccc[nH]1. The number of nitrogens with zero attached hydrogens (tertiary/aromatic N) is 1. The van der Waals surface area contributed by atoms with Gasteiger partial charge in [-0.1, -0.05) is 18.2 Å². The number of H-pyrrole nitrogens is 1. The van der Waals surface area contributed by atoms with Gasteiger partial charge in [-0.05, 0) is 18.2 Å². The Balaban J connectivity index is 2.03. The molecular weight excluding hydrogens is 217 g/mol. The van der Waals surface area contributed by atoms with Crippen molar-refractivity contribution >= 4 is 0 Å². The molecule has 2 aromatic rings. The van der Waals surface area contributed by atoms with E-state index in [4.69, 9.17) is 5.26 Å². The Morgan fingerprint density at radius 3 is 2.76 bits per heavy atom. The average molecular weight is 229 g/mol. The van der Waals surface area contributed by atoms with Crippen molar-refractivity contribution in [3.05, 3.63) is 59.7 Å². The molecule has 86 valence electrons. The van der Waals surface area contributed by atoms with Crippen molar-refractivity contribution < 1.29 is 4.39 Å². The van der Waals surface area contributed by atoms with E-state index in [1.807, 2.05) is 12.1 Å². The first kappa shape index (κ1) is 11.4. The van der Waals surface area contributed by atoms with Crippen LogP contribution in [0.15, 0.2) is 42.6 Å². The normalized spacial score (nSPS) is 12.0. The van der Waals surface area contributed by atoms with Crippen LogP contribution in [0.25, 0.3) is 0 Å². The molecule has 0 aliphatic heterocycles. The second-order valence-electron chi connectivity index (χ2n) is 3.66. The quantitative estimate of drug-likeness (QED) is 0.846. The van der Waals surface area contributed by atoms with Crippen LogP contribution in [-0.4, -0.2) is 4.98 Å². The molecular formula is C13H12FN3. The van der Waals surface area contributed by atoms with E-state index in [9.17, 15) is 4.39 Å². The number of aromatic amines is 1. The third-order valence-corrected chi connectivity index (χ3v) is 2.52. The third-order valence-electron chi connectivity index (χ3n) is 2.52. The van der Waals surface area contributed by atoms with Crippen LogP contribution in [0.2, 0.25) is 0 Å². The Morgan fingerprint density at radius 2 is 2.12 bits per heavy atom. The van der Waals surface area contributed by atoms with Crippen LogP contribution in [0.4, 0.5) is 4.39 Å². The molecule has 0 saturated carbocycles. The lowest BCUT2D eigenvalue weighted by atomic mass is 10.2. The minimum Gasteiger partial charge on any atom is -0.363 e. The fraction of sp³-hybridized carbons (Fsp3) is 0.154. The van der Waals surface area contributed by atoms with Crippen LogP contribution in [0, 0.1) is 17.1 Å². The van der Waals surface area contributed by atoms with Crippen molar-refractivity contribution in [2.24, 2.45) is 0 Å². The summed E-state index contributed by atoms with van der Waals surface area (Å²) in [7, 11) is 0. The maximum Gasteiger partial charge on any atom is 0.136 e. The van der Waals surface area contributed by atoms with Gasteiger partial charge in [-0.3, -0.25) is 5.32 Å². The predicted molar refractivity (Wildman–Crippen MR) is 62.4 cm³/mol. The van der Waals surface area contributed by atoms with E-state index < -0.39 is 6.04 Å². The van der Waals surface area contributed by atoms with Gasteiger partial charge >= 0.3 is 0 Å². The van der Waals surface area contributed by atoms with Crippen molar-refractivity contribution in [3.63, 3.8) is 0 Å². The van der Waals surface area contributed by atoms with Crippen molar-refractivity contribution in [2.75, 3.05) is 0 Å². The summed E-state index contributed by atoms with van der Waals surface area (Å²) in [5.74, 6) is -0.261. The molecule has 0 bridgehead atoms. The van der Waals surface area contributed by atoms with Crippen molar-refractivity contribution in [2.45, 2.75) is 12.6 Å². The molecule has 0 amide bonds. The number of nitrogens with one attached hydrogen (secondary N) is 2. The molecule has 2 N–H and O–H groups in total. The Bertz CT molecular complexity index is 514. The molecule has 2 rings (SSSR count). The zero-order valence-electron chi connectivity index (χ0n) is 9.15. The van der Waals surface area contributed by atoms with Gasteiger partial charge in [-0.2, -0.15) is 5.26 Å². The number of rotatable bonds is 4. The lowest BCUT2D eigenvalue weighted by Crippen LogP contribution is -2.20. The molecule has 4 heteroatoms. The summed E-state index contributed by atoms with van der Waals surface area (Å²) in [6.45, 7) is 0.323. The maximum atomic E-state index is 13.4. The molecule has 1 aromatic carbocycles. The highest BCUT2D eigenvalue weighted by molar-refractivity contribution is 5.20. The summed E-state index contributed by atoms with van der Waals surface area (Å²) >= 11 is 0. The Morgan fingerprint density at radius 1 is 1.29 bits per heavy atom. The molecule has 17 heavy (non-hydrogen) atoms. The topological polar surface area (TPSA) is 51.6 Å². The summed E-state index contributed by atoms with van der Waals surface area (Å²) in [4.78, 5) is 2.96. The molecule has 0 radical (unpaired) electrons. The largest absolute Gasteiger partial charge is 0.363 e. The molecule has 1 atom stereocenters. The Hall–Kier alpha value is -2.12.